The number of carbonyl (C=O) groups is 2. The molecule has 6 aromatic rings. The summed E-state index contributed by atoms with van der Waals surface area (Å²) in [5.41, 5.74) is 5.06. The second-order valence-electron chi connectivity index (χ2n) is 11.4. The van der Waals surface area contributed by atoms with Crippen LogP contribution >= 0.6 is 11.3 Å². The number of carboxylic acid groups (broad SMARTS) is 1. The average molecular weight is 637 g/mol. The number of H-pyrrole nitrogens is 1. The Morgan fingerprint density at radius 1 is 1.15 bits per heavy atom. The van der Waals surface area contributed by atoms with E-state index in [-0.39, 0.29) is 23.4 Å². The van der Waals surface area contributed by atoms with E-state index >= 15 is 0 Å². The lowest BCUT2D eigenvalue weighted by Gasteiger charge is -2.17. The number of carbonyl (C=O) groups excluding carboxylic acids is 1. The van der Waals surface area contributed by atoms with Crippen molar-refractivity contribution in [1.82, 2.24) is 29.6 Å². The number of nitrogens with zero attached hydrogens (tertiary/aromatic N) is 5. The zero-order valence-electron chi connectivity index (χ0n) is 25.5. The molecule has 0 unspecified atom stereocenters. The number of hydrogen-bond acceptors (Lipinski definition) is 9. The molecule has 1 fully saturated rings. The third-order valence-electron chi connectivity index (χ3n) is 8.20. The van der Waals surface area contributed by atoms with Gasteiger partial charge in [-0.3, -0.25) is 14.4 Å². The highest BCUT2D eigenvalue weighted by atomic mass is 32.1. The maximum atomic E-state index is 13.2. The molecule has 2 aromatic carbocycles. The Labute approximate surface area is 268 Å². The van der Waals surface area contributed by atoms with E-state index < -0.39 is 5.97 Å². The van der Waals surface area contributed by atoms with Crippen LogP contribution in [0.1, 0.15) is 27.3 Å². The Hall–Kier alpha value is -5.27. The minimum Gasteiger partial charge on any atom is -0.487 e. The summed E-state index contributed by atoms with van der Waals surface area (Å²) in [4.78, 5) is 39.9. The summed E-state index contributed by atoms with van der Waals surface area (Å²) in [5, 5.41) is 22.1. The number of thiophene rings is 1. The molecule has 0 radical (unpaired) electrons. The van der Waals surface area contributed by atoms with Gasteiger partial charge >= 0.3 is 5.97 Å². The zero-order chi connectivity index (χ0) is 31.9. The van der Waals surface area contributed by atoms with Gasteiger partial charge in [-0.2, -0.15) is 5.10 Å². The Kier molecular flexibility index (Phi) is 7.62. The number of benzene rings is 2. The normalized spacial score (nSPS) is 15.1. The molecule has 1 aliphatic rings. The van der Waals surface area contributed by atoms with Crippen molar-refractivity contribution in [3.63, 3.8) is 0 Å². The molecule has 7 rings (SSSR count). The Balaban J connectivity index is 1.04. The van der Waals surface area contributed by atoms with Crippen molar-refractivity contribution in [3.05, 3.63) is 77.1 Å². The number of aryl methyl sites for hydroxylation is 3. The van der Waals surface area contributed by atoms with Crippen LogP contribution in [0.25, 0.3) is 32.2 Å². The van der Waals surface area contributed by atoms with E-state index in [1.165, 1.54) is 11.3 Å². The number of ether oxygens (including phenoxy) is 1. The first-order chi connectivity index (χ1) is 22.2. The van der Waals surface area contributed by atoms with Gasteiger partial charge in [-0.05, 0) is 44.0 Å². The number of aromatic carboxylic acids is 1. The van der Waals surface area contributed by atoms with Crippen LogP contribution in [-0.2, 0) is 11.8 Å². The third kappa shape index (κ3) is 5.66. The molecule has 12 nitrogen and oxygen atoms in total. The van der Waals surface area contributed by atoms with Crippen LogP contribution in [0.3, 0.4) is 0 Å². The molecule has 0 saturated carbocycles. The lowest BCUT2D eigenvalue weighted by Crippen LogP contribution is -2.33. The fourth-order valence-electron chi connectivity index (χ4n) is 5.84. The van der Waals surface area contributed by atoms with Crippen LogP contribution in [-0.4, -0.2) is 72.4 Å². The summed E-state index contributed by atoms with van der Waals surface area (Å²) in [6.07, 6.45) is 4.16. The highest BCUT2D eigenvalue weighted by Gasteiger charge is 2.29. The molecule has 1 aliphatic heterocycles. The summed E-state index contributed by atoms with van der Waals surface area (Å²) in [7, 11) is 1.88. The Morgan fingerprint density at radius 3 is 2.78 bits per heavy atom. The molecule has 234 valence electrons. The summed E-state index contributed by atoms with van der Waals surface area (Å²) in [6, 6.07) is 15.2. The molecule has 13 heteroatoms. The molecule has 1 saturated heterocycles. The first-order valence-corrected chi connectivity index (χ1v) is 15.7. The third-order valence-corrected chi connectivity index (χ3v) is 9.34. The van der Waals surface area contributed by atoms with Gasteiger partial charge in [0.1, 0.15) is 6.10 Å². The van der Waals surface area contributed by atoms with E-state index in [4.69, 9.17) is 9.72 Å². The molecule has 0 bridgehead atoms. The lowest BCUT2D eigenvalue weighted by atomic mass is 10.1. The standard InChI is InChI=1S/C33H32N8O4S/c1-18-14-35-33(37-26-13-19(2)40(3)39-26)38-28(18)23-15-34-29-21(23)8-6-9-24(29)36-27(42)17-41-12-11-20(16-41)45-30-22-7-4-5-10-25(22)46-31(30)32(43)44/h4-10,13-15,20,34H,11-12,16-17H2,1-3H3,(H,36,42)(H,43,44)(H,35,37,38,39)/t20-/m0/s1. The van der Waals surface area contributed by atoms with E-state index in [0.717, 1.165) is 43.5 Å². The number of likely N-dealkylation sites (tertiary alicyclic amines) is 1. The van der Waals surface area contributed by atoms with E-state index in [1.54, 1.807) is 10.9 Å². The molecule has 4 aromatic heterocycles. The summed E-state index contributed by atoms with van der Waals surface area (Å²) >= 11 is 1.21. The maximum absolute atomic E-state index is 13.2. The number of nitrogens with one attached hydrogen (secondary N) is 3. The van der Waals surface area contributed by atoms with Crippen LogP contribution < -0.4 is 15.4 Å². The molecule has 1 atom stereocenters. The number of hydrogen-bond donors (Lipinski definition) is 4. The summed E-state index contributed by atoms with van der Waals surface area (Å²) < 4.78 is 8.90. The fraction of sp³-hybridized carbons (Fsp3) is 0.242. The number of carboxylic acids is 1. The second kappa shape index (κ2) is 11.9. The van der Waals surface area contributed by atoms with Gasteiger partial charge in [0, 0.05) is 65.3 Å². The van der Waals surface area contributed by atoms with Crippen molar-refractivity contribution in [2.45, 2.75) is 26.4 Å². The molecule has 0 aliphatic carbocycles. The maximum Gasteiger partial charge on any atom is 0.349 e. The van der Waals surface area contributed by atoms with Crippen LogP contribution in [0.4, 0.5) is 17.5 Å². The number of aromatic nitrogens is 5. The van der Waals surface area contributed by atoms with Crippen LogP contribution in [0.2, 0.25) is 0 Å². The van der Waals surface area contributed by atoms with Gasteiger partial charge in [0.15, 0.2) is 16.4 Å². The number of para-hydroxylation sites is 1. The van der Waals surface area contributed by atoms with Gasteiger partial charge in [-0.15, -0.1) is 11.3 Å². The predicted molar refractivity (Wildman–Crippen MR) is 178 cm³/mol. The first-order valence-electron chi connectivity index (χ1n) is 14.9. The first kappa shape index (κ1) is 29.4. The molecule has 1 amide bonds. The molecular formula is C33H32N8O4S. The van der Waals surface area contributed by atoms with Crippen LogP contribution in [0.15, 0.2) is 60.9 Å². The smallest absolute Gasteiger partial charge is 0.349 e. The lowest BCUT2D eigenvalue weighted by molar-refractivity contribution is -0.117. The zero-order valence-corrected chi connectivity index (χ0v) is 26.3. The van der Waals surface area contributed by atoms with Crippen molar-refractivity contribution < 1.29 is 19.4 Å². The fourth-order valence-corrected chi connectivity index (χ4v) is 6.82. The molecular weight excluding hydrogens is 604 g/mol. The van der Waals surface area contributed by atoms with Gasteiger partial charge in [0.05, 0.1) is 23.4 Å². The molecule has 5 heterocycles. The van der Waals surface area contributed by atoms with Crippen molar-refractivity contribution in [1.29, 1.82) is 0 Å². The van der Waals surface area contributed by atoms with Gasteiger partial charge in [-0.25, -0.2) is 14.8 Å². The highest BCUT2D eigenvalue weighted by Crippen LogP contribution is 2.39. The minimum atomic E-state index is -1.00. The van der Waals surface area contributed by atoms with E-state index in [9.17, 15) is 14.7 Å². The van der Waals surface area contributed by atoms with E-state index in [2.05, 4.69) is 25.7 Å². The largest absolute Gasteiger partial charge is 0.487 e. The SMILES string of the molecule is Cc1cnc(Nc2cc(C)n(C)n2)nc1-c1c[nH]c2c(NC(=O)CN3CC[C@H](Oc4c(C(=O)O)sc5ccccc45)C3)cccc12. The van der Waals surface area contributed by atoms with Gasteiger partial charge in [0.2, 0.25) is 11.9 Å². The van der Waals surface area contributed by atoms with E-state index in [0.29, 0.717) is 42.7 Å². The topological polar surface area (TPSA) is 150 Å². The molecule has 0 spiro atoms. The van der Waals surface area contributed by atoms with Crippen molar-refractivity contribution >= 4 is 61.7 Å². The monoisotopic (exact) mass is 636 g/mol. The van der Waals surface area contributed by atoms with Crippen molar-refractivity contribution in [3.8, 4) is 17.0 Å². The molecule has 46 heavy (non-hydrogen) atoms. The van der Waals surface area contributed by atoms with Gasteiger partial charge in [0.25, 0.3) is 0 Å². The van der Waals surface area contributed by atoms with E-state index in [1.807, 2.05) is 80.5 Å². The number of amides is 1. The van der Waals surface area contributed by atoms with Crippen molar-refractivity contribution in [2.75, 3.05) is 30.3 Å². The highest BCUT2D eigenvalue weighted by molar-refractivity contribution is 7.21. The Bertz CT molecular complexity index is 2100. The Morgan fingerprint density at radius 2 is 1.98 bits per heavy atom. The number of rotatable bonds is 9. The predicted octanol–water partition coefficient (Wildman–Crippen LogP) is 5.72. The van der Waals surface area contributed by atoms with Crippen LogP contribution in [0.5, 0.6) is 5.75 Å². The average Bonchev–Trinajstić information content (AvgIpc) is 3.81. The second-order valence-corrected chi connectivity index (χ2v) is 12.5. The quantitative estimate of drug-likeness (QED) is 0.156. The van der Waals surface area contributed by atoms with Crippen LogP contribution in [0, 0.1) is 13.8 Å². The summed E-state index contributed by atoms with van der Waals surface area (Å²) in [6.45, 7) is 5.32. The van der Waals surface area contributed by atoms with Gasteiger partial charge in [-0.1, -0.05) is 24.3 Å². The van der Waals surface area contributed by atoms with Gasteiger partial charge < -0.3 is 25.5 Å². The minimum absolute atomic E-state index is 0.146. The molecule has 4 N–H and O–H groups in total. The number of fused-ring (bicyclic) bond motifs is 2. The number of anilines is 3. The summed E-state index contributed by atoms with van der Waals surface area (Å²) in [5.74, 6) is 0.370. The number of aromatic amines is 1. The van der Waals surface area contributed by atoms with Crippen molar-refractivity contribution in [2.24, 2.45) is 7.05 Å².